The fraction of sp³-hybridized carbons (Fsp3) is 0.333. The zero-order valence-corrected chi connectivity index (χ0v) is 11.9. The van der Waals surface area contributed by atoms with Crippen LogP contribution in [0.25, 0.3) is 0 Å². The number of nitrogens with zero attached hydrogens (tertiary/aromatic N) is 1. The Hall–Kier alpha value is -1.68. The lowest BCUT2D eigenvalue weighted by atomic mass is 10.1. The lowest BCUT2D eigenvalue weighted by Crippen LogP contribution is -2.11. The minimum Gasteiger partial charge on any atom is -0.302 e. The quantitative estimate of drug-likeness (QED) is 0.873. The maximum Gasteiger partial charge on any atom is 0.226 e. The predicted molar refractivity (Wildman–Crippen MR) is 79.5 cm³/mol. The van der Waals surface area contributed by atoms with Crippen LogP contribution in [0.15, 0.2) is 35.7 Å². The monoisotopic (exact) mass is 274 g/mol. The number of benzene rings is 1. The van der Waals surface area contributed by atoms with E-state index in [2.05, 4.69) is 29.4 Å². The Bertz CT molecular complexity index is 522. The molecule has 0 spiro atoms. The lowest BCUT2D eigenvalue weighted by molar-refractivity contribution is -0.116. The van der Waals surface area contributed by atoms with Gasteiger partial charge in [-0.1, -0.05) is 37.3 Å². The normalized spacial score (nSPS) is 10.4. The lowest BCUT2D eigenvalue weighted by Gasteiger charge is -2.02. The number of amides is 1. The van der Waals surface area contributed by atoms with Gasteiger partial charge in [0.25, 0.3) is 0 Å². The second-order valence-electron chi connectivity index (χ2n) is 4.38. The Labute approximate surface area is 117 Å². The standard InChI is InChI=1S/C15H18N2OS/c1-2-13-11-19-15(16-13)17-14(18)10-6-9-12-7-4-3-5-8-12/h3-5,7-8,11H,2,6,9-10H2,1H3,(H,16,17,18). The Kier molecular flexibility index (Phi) is 5.10. The maximum absolute atomic E-state index is 11.8. The first-order valence-electron chi connectivity index (χ1n) is 6.56. The van der Waals surface area contributed by atoms with E-state index in [1.54, 1.807) is 0 Å². The van der Waals surface area contributed by atoms with Crippen LogP contribution in [0.3, 0.4) is 0 Å². The molecule has 100 valence electrons. The summed E-state index contributed by atoms with van der Waals surface area (Å²) in [7, 11) is 0. The molecule has 0 aliphatic carbocycles. The predicted octanol–water partition coefficient (Wildman–Crippen LogP) is 3.67. The summed E-state index contributed by atoms with van der Waals surface area (Å²) in [6, 6.07) is 10.2. The Morgan fingerprint density at radius 3 is 2.79 bits per heavy atom. The van der Waals surface area contributed by atoms with Crippen LogP contribution in [0, 0.1) is 0 Å². The largest absolute Gasteiger partial charge is 0.302 e. The average Bonchev–Trinajstić information content (AvgIpc) is 2.87. The van der Waals surface area contributed by atoms with Gasteiger partial charge < -0.3 is 5.32 Å². The zero-order chi connectivity index (χ0) is 13.5. The number of aryl methyl sites for hydroxylation is 2. The van der Waals surface area contributed by atoms with Gasteiger partial charge in [-0.05, 0) is 24.8 Å². The fourth-order valence-corrected chi connectivity index (χ4v) is 2.62. The molecule has 0 fully saturated rings. The SMILES string of the molecule is CCc1csc(NC(=O)CCCc2ccccc2)n1. The van der Waals surface area contributed by atoms with Gasteiger partial charge in [-0.25, -0.2) is 4.98 Å². The Balaban J connectivity index is 1.73. The van der Waals surface area contributed by atoms with Crippen molar-refractivity contribution in [3.63, 3.8) is 0 Å². The van der Waals surface area contributed by atoms with Gasteiger partial charge >= 0.3 is 0 Å². The molecule has 0 radical (unpaired) electrons. The van der Waals surface area contributed by atoms with Crippen molar-refractivity contribution < 1.29 is 4.79 Å². The number of rotatable bonds is 6. The highest BCUT2D eigenvalue weighted by Gasteiger charge is 2.05. The second-order valence-corrected chi connectivity index (χ2v) is 5.24. The first kappa shape index (κ1) is 13.7. The van der Waals surface area contributed by atoms with Crippen molar-refractivity contribution in [2.45, 2.75) is 32.6 Å². The number of carbonyl (C=O) groups is 1. The molecule has 1 aromatic heterocycles. The molecular formula is C15H18N2OS. The first-order chi connectivity index (χ1) is 9.28. The van der Waals surface area contributed by atoms with Crippen molar-refractivity contribution in [3.05, 3.63) is 47.0 Å². The molecule has 19 heavy (non-hydrogen) atoms. The van der Waals surface area contributed by atoms with Gasteiger partial charge in [-0.3, -0.25) is 4.79 Å². The zero-order valence-electron chi connectivity index (χ0n) is 11.1. The molecule has 0 atom stereocenters. The van der Waals surface area contributed by atoms with Crippen LogP contribution in [0.2, 0.25) is 0 Å². The van der Waals surface area contributed by atoms with Crippen LogP contribution in [0.4, 0.5) is 5.13 Å². The summed E-state index contributed by atoms with van der Waals surface area (Å²) in [5, 5.41) is 5.55. The van der Waals surface area contributed by atoms with Crippen molar-refractivity contribution in [3.8, 4) is 0 Å². The number of anilines is 1. The van der Waals surface area contributed by atoms with Crippen LogP contribution in [-0.4, -0.2) is 10.9 Å². The summed E-state index contributed by atoms with van der Waals surface area (Å²) in [5.74, 6) is 0.0490. The van der Waals surface area contributed by atoms with E-state index in [4.69, 9.17) is 0 Å². The van der Waals surface area contributed by atoms with Crippen LogP contribution in [-0.2, 0) is 17.6 Å². The maximum atomic E-state index is 11.8. The Morgan fingerprint density at radius 1 is 1.32 bits per heavy atom. The van der Waals surface area contributed by atoms with E-state index in [9.17, 15) is 4.79 Å². The van der Waals surface area contributed by atoms with E-state index in [-0.39, 0.29) is 5.91 Å². The van der Waals surface area contributed by atoms with Crippen molar-refractivity contribution in [2.24, 2.45) is 0 Å². The van der Waals surface area contributed by atoms with E-state index in [1.165, 1.54) is 16.9 Å². The minimum atomic E-state index is 0.0490. The first-order valence-corrected chi connectivity index (χ1v) is 7.44. The average molecular weight is 274 g/mol. The van der Waals surface area contributed by atoms with Crippen LogP contribution in [0.1, 0.15) is 31.0 Å². The molecule has 3 nitrogen and oxygen atoms in total. The number of thiazole rings is 1. The molecule has 0 bridgehead atoms. The Morgan fingerprint density at radius 2 is 2.11 bits per heavy atom. The third-order valence-corrected chi connectivity index (χ3v) is 3.68. The number of hydrogen-bond acceptors (Lipinski definition) is 3. The highest BCUT2D eigenvalue weighted by Crippen LogP contribution is 2.16. The summed E-state index contributed by atoms with van der Waals surface area (Å²) in [6.45, 7) is 2.06. The molecule has 0 saturated carbocycles. The van der Waals surface area contributed by atoms with Crippen molar-refractivity contribution >= 4 is 22.4 Å². The van der Waals surface area contributed by atoms with Crippen molar-refractivity contribution in [1.29, 1.82) is 0 Å². The molecule has 2 rings (SSSR count). The summed E-state index contributed by atoms with van der Waals surface area (Å²) in [6.07, 6.45) is 3.24. The number of hydrogen-bond donors (Lipinski definition) is 1. The number of carbonyl (C=O) groups excluding carboxylic acids is 1. The molecule has 1 heterocycles. The van der Waals surface area contributed by atoms with Gasteiger partial charge in [0.15, 0.2) is 5.13 Å². The smallest absolute Gasteiger partial charge is 0.226 e. The molecule has 1 N–H and O–H groups in total. The summed E-state index contributed by atoms with van der Waals surface area (Å²) < 4.78 is 0. The van der Waals surface area contributed by atoms with E-state index < -0.39 is 0 Å². The summed E-state index contributed by atoms with van der Waals surface area (Å²) in [4.78, 5) is 16.1. The molecular weight excluding hydrogens is 256 g/mol. The topological polar surface area (TPSA) is 42.0 Å². The van der Waals surface area contributed by atoms with E-state index in [1.807, 2.05) is 23.6 Å². The van der Waals surface area contributed by atoms with Gasteiger partial charge in [-0.15, -0.1) is 11.3 Å². The number of nitrogens with one attached hydrogen (secondary N) is 1. The van der Waals surface area contributed by atoms with E-state index >= 15 is 0 Å². The summed E-state index contributed by atoms with van der Waals surface area (Å²) in [5.41, 5.74) is 2.31. The van der Waals surface area contributed by atoms with Crippen LogP contribution < -0.4 is 5.32 Å². The highest BCUT2D eigenvalue weighted by molar-refractivity contribution is 7.13. The molecule has 0 unspecified atom stereocenters. The van der Waals surface area contributed by atoms with Gasteiger partial charge in [0.1, 0.15) is 0 Å². The van der Waals surface area contributed by atoms with Gasteiger partial charge in [0.05, 0.1) is 5.69 Å². The van der Waals surface area contributed by atoms with Gasteiger partial charge in [0.2, 0.25) is 5.91 Å². The third kappa shape index (κ3) is 4.48. The van der Waals surface area contributed by atoms with Crippen LogP contribution in [0.5, 0.6) is 0 Å². The molecule has 0 aliphatic rings. The third-order valence-electron chi connectivity index (χ3n) is 2.87. The fourth-order valence-electron chi connectivity index (χ4n) is 1.81. The molecule has 4 heteroatoms. The van der Waals surface area contributed by atoms with Crippen LogP contribution >= 0.6 is 11.3 Å². The van der Waals surface area contributed by atoms with Gasteiger partial charge in [-0.2, -0.15) is 0 Å². The van der Waals surface area contributed by atoms with Gasteiger partial charge in [0, 0.05) is 11.8 Å². The van der Waals surface area contributed by atoms with Crippen molar-refractivity contribution in [2.75, 3.05) is 5.32 Å². The molecule has 2 aromatic rings. The second kappa shape index (κ2) is 7.04. The van der Waals surface area contributed by atoms with E-state index in [0.717, 1.165) is 25.0 Å². The molecule has 0 saturated heterocycles. The van der Waals surface area contributed by atoms with E-state index in [0.29, 0.717) is 11.6 Å². The minimum absolute atomic E-state index is 0.0490. The summed E-state index contributed by atoms with van der Waals surface area (Å²) >= 11 is 1.49. The molecule has 1 aromatic carbocycles. The molecule has 1 amide bonds. The highest BCUT2D eigenvalue weighted by atomic mass is 32.1. The number of aromatic nitrogens is 1. The van der Waals surface area contributed by atoms with Crippen molar-refractivity contribution in [1.82, 2.24) is 4.98 Å². The molecule has 0 aliphatic heterocycles.